The molecule has 0 aliphatic carbocycles. The summed E-state index contributed by atoms with van der Waals surface area (Å²) >= 11 is 0. The highest BCUT2D eigenvalue weighted by Crippen LogP contribution is 2.22. The average molecular weight is 377 g/mol. The first-order chi connectivity index (χ1) is 13.5. The second-order valence-corrected chi connectivity index (χ2v) is 6.50. The summed E-state index contributed by atoms with van der Waals surface area (Å²) in [6.45, 7) is 5.76. The van der Waals surface area contributed by atoms with Gasteiger partial charge in [0.25, 0.3) is 5.91 Å². The lowest BCUT2D eigenvalue weighted by Crippen LogP contribution is -2.32. The van der Waals surface area contributed by atoms with Crippen molar-refractivity contribution in [2.75, 3.05) is 5.32 Å². The van der Waals surface area contributed by atoms with E-state index < -0.39 is 12.1 Å². The monoisotopic (exact) mass is 377 g/mol. The summed E-state index contributed by atoms with van der Waals surface area (Å²) in [5.41, 5.74) is 4.15. The van der Waals surface area contributed by atoms with Crippen molar-refractivity contribution in [2.45, 2.75) is 39.7 Å². The zero-order chi connectivity index (χ0) is 20.1. The van der Waals surface area contributed by atoms with Crippen LogP contribution in [0.3, 0.4) is 0 Å². The van der Waals surface area contributed by atoms with E-state index in [2.05, 4.69) is 15.3 Å². The number of benzene rings is 2. The third kappa shape index (κ3) is 4.17. The zero-order valence-electron chi connectivity index (χ0n) is 16.2. The minimum Gasteiger partial charge on any atom is -0.447 e. The number of rotatable bonds is 6. The molecule has 0 saturated heterocycles. The highest BCUT2D eigenvalue weighted by Gasteiger charge is 2.24. The molecule has 2 aromatic carbocycles. The van der Waals surface area contributed by atoms with E-state index in [0.29, 0.717) is 17.5 Å². The number of hydrogen-bond acceptors (Lipinski definition) is 5. The lowest BCUT2D eigenvalue weighted by atomic mass is 10.1. The van der Waals surface area contributed by atoms with Crippen LogP contribution in [0.5, 0.6) is 0 Å². The molecule has 0 saturated carbocycles. The Balaban J connectivity index is 1.75. The van der Waals surface area contributed by atoms with Gasteiger partial charge in [-0.05, 0) is 43.0 Å². The molecule has 144 valence electrons. The Bertz CT molecular complexity index is 1020. The number of nitrogens with one attached hydrogen (secondary N) is 1. The lowest BCUT2D eigenvalue weighted by molar-refractivity contribution is -0.124. The number of carbonyl (C=O) groups excluding carboxylic acids is 2. The van der Waals surface area contributed by atoms with E-state index in [-0.39, 0.29) is 11.6 Å². The van der Waals surface area contributed by atoms with Crippen LogP contribution in [0, 0.1) is 6.92 Å². The fourth-order valence-electron chi connectivity index (χ4n) is 2.97. The first-order valence-electron chi connectivity index (χ1n) is 9.35. The van der Waals surface area contributed by atoms with E-state index >= 15 is 0 Å². The van der Waals surface area contributed by atoms with Crippen molar-refractivity contribution in [3.63, 3.8) is 0 Å². The minimum atomic E-state index is -0.912. The maximum Gasteiger partial charge on any atom is 0.359 e. The molecule has 0 aliphatic rings. The first-order valence-corrected chi connectivity index (χ1v) is 9.35. The number of esters is 1. The topological polar surface area (TPSA) is 81.2 Å². The Morgan fingerprint density at radius 3 is 2.54 bits per heavy atom. The molecule has 1 atom stereocenters. The number of nitrogens with zero attached hydrogens (tertiary/aromatic N) is 2. The highest BCUT2D eigenvalue weighted by atomic mass is 16.5. The molecule has 1 aromatic heterocycles. The van der Waals surface area contributed by atoms with Gasteiger partial charge in [0.2, 0.25) is 0 Å². The van der Waals surface area contributed by atoms with Crippen molar-refractivity contribution in [3.05, 3.63) is 65.5 Å². The molecule has 28 heavy (non-hydrogen) atoms. The largest absolute Gasteiger partial charge is 0.447 e. The number of para-hydroxylation sites is 3. The molecule has 0 radical (unpaired) electrons. The number of amides is 1. The SMILES string of the molecule is CCc1cccc(C)c1NC(=O)C(CC)OC(=O)c1cnc2ccccc2n1. The molecule has 0 spiro atoms. The van der Waals surface area contributed by atoms with Crippen LogP contribution in [0.25, 0.3) is 11.0 Å². The predicted molar refractivity (Wildman–Crippen MR) is 108 cm³/mol. The number of ether oxygens (including phenoxy) is 1. The first kappa shape index (κ1) is 19.5. The molecule has 3 rings (SSSR count). The summed E-state index contributed by atoms with van der Waals surface area (Å²) in [5.74, 6) is -1.02. The molecule has 1 N–H and O–H groups in total. The van der Waals surface area contributed by atoms with E-state index in [1.54, 1.807) is 13.0 Å². The van der Waals surface area contributed by atoms with Gasteiger partial charge < -0.3 is 10.1 Å². The quantitative estimate of drug-likeness (QED) is 0.655. The van der Waals surface area contributed by atoms with E-state index in [1.807, 2.05) is 50.2 Å². The van der Waals surface area contributed by atoms with Gasteiger partial charge in [-0.1, -0.05) is 44.2 Å². The van der Waals surface area contributed by atoms with E-state index in [1.165, 1.54) is 6.20 Å². The Morgan fingerprint density at radius 2 is 1.82 bits per heavy atom. The molecule has 0 aliphatic heterocycles. The summed E-state index contributed by atoms with van der Waals surface area (Å²) in [4.78, 5) is 33.7. The third-order valence-electron chi connectivity index (χ3n) is 4.56. The summed E-state index contributed by atoms with van der Waals surface area (Å²) in [6.07, 6.45) is 1.60. The van der Waals surface area contributed by atoms with Crippen LogP contribution in [0.15, 0.2) is 48.7 Å². The van der Waals surface area contributed by atoms with Crippen LogP contribution in [0.1, 0.15) is 41.9 Å². The van der Waals surface area contributed by atoms with Gasteiger partial charge in [0.15, 0.2) is 11.8 Å². The lowest BCUT2D eigenvalue weighted by Gasteiger charge is -2.18. The van der Waals surface area contributed by atoms with Crippen LogP contribution in [-0.2, 0) is 16.0 Å². The maximum absolute atomic E-state index is 12.7. The molecule has 1 amide bonds. The Morgan fingerprint density at radius 1 is 1.07 bits per heavy atom. The van der Waals surface area contributed by atoms with Gasteiger partial charge in [-0.25, -0.2) is 9.78 Å². The number of aryl methyl sites for hydroxylation is 2. The molecule has 0 fully saturated rings. The standard InChI is InChI=1S/C22H23N3O3/c1-4-15-10-8-9-14(3)20(15)25-21(26)19(5-2)28-22(27)18-13-23-16-11-6-7-12-17(16)24-18/h6-13,19H,4-5H2,1-3H3,(H,25,26). The summed E-state index contributed by atoms with van der Waals surface area (Å²) in [7, 11) is 0. The number of anilines is 1. The van der Waals surface area contributed by atoms with Crippen molar-refractivity contribution in [3.8, 4) is 0 Å². The Kier molecular flexibility index (Phi) is 5.99. The summed E-state index contributed by atoms with van der Waals surface area (Å²) in [6, 6.07) is 13.1. The van der Waals surface area contributed by atoms with Gasteiger partial charge in [-0.15, -0.1) is 0 Å². The van der Waals surface area contributed by atoms with Crippen LogP contribution in [-0.4, -0.2) is 27.9 Å². The second kappa shape index (κ2) is 8.61. The van der Waals surface area contributed by atoms with E-state index in [0.717, 1.165) is 23.2 Å². The van der Waals surface area contributed by atoms with E-state index in [9.17, 15) is 9.59 Å². The Hall–Kier alpha value is -3.28. The number of hydrogen-bond donors (Lipinski definition) is 1. The van der Waals surface area contributed by atoms with Gasteiger partial charge in [0, 0.05) is 5.69 Å². The van der Waals surface area contributed by atoms with Crippen LogP contribution in [0.4, 0.5) is 5.69 Å². The second-order valence-electron chi connectivity index (χ2n) is 6.50. The number of aromatic nitrogens is 2. The third-order valence-corrected chi connectivity index (χ3v) is 4.56. The van der Waals surface area contributed by atoms with Gasteiger partial charge in [-0.2, -0.15) is 0 Å². The molecule has 1 unspecified atom stereocenters. The Labute approximate surface area is 164 Å². The highest BCUT2D eigenvalue weighted by molar-refractivity contribution is 5.98. The number of fused-ring (bicyclic) bond motifs is 1. The van der Waals surface area contributed by atoms with E-state index in [4.69, 9.17) is 4.74 Å². The van der Waals surface area contributed by atoms with Crippen molar-refractivity contribution in [1.82, 2.24) is 9.97 Å². The molecule has 3 aromatic rings. The summed E-state index contributed by atoms with van der Waals surface area (Å²) < 4.78 is 5.43. The normalized spacial score (nSPS) is 11.8. The van der Waals surface area contributed by atoms with Crippen molar-refractivity contribution >= 4 is 28.6 Å². The van der Waals surface area contributed by atoms with Crippen molar-refractivity contribution in [2.24, 2.45) is 0 Å². The van der Waals surface area contributed by atoms with Gasteiger partial charge in [0.05, 0.1) is 17.2 Å². The fraction of sp³-hybridized carbons (Fsp3) is 0.273. The van der Waals surface area contributed by atoms with Crippen molar-refractivity contribution < 1.29 is 14.3 Å². The zero-order valence-corrected chi connectivity index (χ0v) is 16.2. The molecule has 1 heterocycles. The van der Waals surface area contributed by atoms with Gasteiger partial charge >= 0.3 is 5.97 Å². The average Bonchev–Trinajstić information content (AvgIpc) is 2.72. The predicted octanol–water partition coefficient (Wildman–Crippen LogP) is 4.07. The molecular formula is C22H23N3O3. The molecule has 0 bridgehead atoms. The molecular weight excluding hydrogens is 354 g/mol. The molecule has 6 heteroatoms. The molecule has 6 nitrogen and oxygen atoms in total. The van der Waals surface area contributed by atoms with Crippen LogP contribution in [0.2, 0.25) is 0 Å². The van der Waals surface area contributed by atoms with Crippen molar-refractivity contribution in [1.29, 1.82) is 0 Å². The van der Waals surface area contributed by atoms with Crippen LogP contribution >= 0.6 is 0 Å². The van der Waals surface area contributed by atoms with Gasteiger partial charge in [-0.3, -0.25) is 9.78 Å². The summed E-state index contributed by atoms with van der Waals surface area (Å²) in [5, 5.41) is 2.92. The number of carbonyl (C=O) groups is 2. The van der Waals surface area contributed by atoms with Crippen LogP contribution < -0.4 is 5.32 Å². The minimum absolute atomic E-state index is 0.0788. The van der Waals surface area contributed by atoms with Gasteiger partial charge in [0.1, 0.15) is 0 Å². The smallest absolute Gasteiger partial charge is 0.359 e. The fourth-order valence-corrected chi connectivity index (χ4v) is 2.97. The maximum atomic E-state index is 12.7.